The number of hydrogen-bond donors (Lipinski definition) is 1. The van der Waals surface area contributed by atoms with E-state index >= 15 is 0 Å². The number of nitrogens with zero attached hydrogens (tertiary/aromatic N) is 1. The molecule has 0 spiro atoms. The van der Waals surface area contributed by atoms with Gasteiger partial charge in [0.1, 0.15) is 17.3 Å². The van der Waals surface area contributed by atoms with E-state index in [1.54, 1.807) is 12.1 Å². The Kier molecular flexibility index (Phi) is 2.90. The van der Waals surface area contributed by atoms with Gasteiger partial charge >= 0.3 is 0 Å². The Morgan fingerprint density at radius 1 is 1.50 bits per heavy atom. The van der Waals surface area contributed by atoms with Gasteiger partial charge in [-0.3, -0.25) is 0 Å². The molecule has 1 fully saturated rings. The number of aliphatic hydroxyl groups excluding tert-OH is 1. The van der Waals surface area contributed by atoms with Gasteiger partial charge in [-0.05, 0) is 12.5 Å². The summed E-state index contributed by atoms with van der Waals surface area (Å²) in [6.07, 6.45) is -0.708. The van der Waals surface area contributed by atoms with Crippen molar-refractivity contribution >= 4 is 0 Å². The zero-order valence-corrected chi connectivity index (χ0v) is 8.69. The summed E-state index contributed by atoms with van der Waals surface area (Å²) in [6.45, 7) is 0.581. The predicted octanol–water partition coefficient (Wildman–Crippen LogP) is 1.79. The summed E-state index contributed by atoms with van der Waals surface area (Å²) in [5.74, 6) is -0.489. The summed E-state index contributed by atoms with van der Waals surface area (Å²) in [5, 5.41) is 19.2. The molecule has 1 saturated heterocycles. The third-order valence-electron chi connectivity index (χ3n) is 3.00. The molecule has 1 heterocycles. The standard InChI is InChI=1S/C12H12FNO2/c13-10-4-2-1-3-9(10)11(15)12(7-14)5-6-16-8-12/h1-4,11,15H,5-6,8H2. The first-order valence-electron chi connectivity index (χ1n) is 5.11. The third-order valence-corrected chi connectivity index (χ3v) is 3.00. The van der Waals surface area contributed by atoms with Crippen LogP contribution >= 0.6 is 0 Å². The van der Waals surface area contributed by atoms with Crippen LogP contribution in [0.1, 0.15) is 18.1 Å². The molecule has 1 aromatic rings. The lowest BCUT2D eigenvalue weighted by Crippen LogP contribution is -2.28. The number of benzene rings is 1. The van der Waals surface area contributed by atoms with Crippen LogP contribution in [0.25, 0.3) is 0 Å². The van der Waals surface area contributed by atoms with Gasteiger partial charge in [0, 0.05) is 12.2 Å². The molecular formula is C12H12FNO2. The van der Waals surface area contributed by atoms with Crippen molar-refractivity contribution in [3.8, 4) is 6.07 Å². The van der Waals surface area contributed by atoms with Crippen molar-refractivity contribution in [2.24, 2.45) is 5.41 Å². The van der Waals surface area contributed by atoms with E-state index in [1.807, 2.05) is 0 Å². The topological polar surface area (TPSA) is 53.2 Å². The average molecular weight is 221 g/mol. The molecule has 84 valence electrons. The van der Waals surface area contributed by atoms with Crippen molar-refractivity contribution < 1.29 is 14.2 Å². The van der Waals surface area contributed by atoms with Crippen LogP contribution in [0.2, 0.25) is 0 Å². The van der Waals surface area contributed by atoms with Gasteiger partial charge in [0.2, 0.25) is 0 Å². The zero-order valence-electron chi connectivity index (χ0n) is 8.69. The zero-order chi connectivity index (χ0) is 11.6. The SMILES string of the molecule is N#CC1(C(O)c2ccccc2F)CCOC1. The number of aliphatic hydroxyl groups is 1. The Labute approximate surface area is 93.1 Å². The lowest BCUT2D eigenvalue weighted by Gasteiger charge is -2.25. The summed E-state index contributed by atoms with van der Waals surface area (Å²) >= 11 is 0. The summed E-state index contributed by atoms with van der Waals surface area (Å²) in [4.78, 5) is 0. The molecule has 0 radical (unpaired) electrons. The number of halogens is 1. The molecule has 2 rings (SSSR count). The summed E-state index contributed by atoms with van der Waals surface area (Å²) in [6, 6.07) is 8.03. The largest absolute Gasteiger partial charge is 0.387 e. The van der Waals surface area contributed by atoms with Crippen molar-refractivity contribution in [1.29, 1.82) is 5.26 Å². The van der Waals surface area contributed by atoms with Gasteiger partial charge in [-0.2, -0.15) is 5.26 Å². The van der Waals surface area contributed by atoms with Crippen LogP contribution in [0.4, 0.5) is 4.39 Å². The molecule has 1 aromatic carbocycles. The van der Waals surface area contributed by atoms with Gasteiger partial charge in [-0.1, -0.05) is 18.2 Å². The van der Waals surface area contributed by atoms with Crippen LogP contribution in [0, 0.1) is 22.6 Å². The minimum atomic E-state index is -1.14. The smallest absolute Gasteiger partial charge is 0.129 e. The highest BCUT2D eigenvalue weighted by Gasteiger charge is 2.43. The third kappa shape index (κ3) is 1.69. The maximum atomic E-state index is 13.5. The molecule has 2 atom stereocenters. The highest BCUT2D eigenvalue weighted by molar-refractivity contribution is 5.25. The van der Waals surface area contributed by atoms with Crippen molar-refractivity contribution in [3.05, 3.63) is 35.6 Å². The van der Waals surface area contributed by atoms with E-state index < -0.39 is 17.3 Å². The summed E-state index contributed by atoms with van der Waals surface area (Å²) in [7, 11) is 0. The fourth-order valence-electron chi connectivity index (χ4n) is 1.94. The number of hydrogen-bond acceptors (Lipinski definition) is 3. The van der Waals surface area contributed by atoms with E-state index in [9.17, 15) is 9.50 Å². The van der Waals surface area contributed by atoms with Gasteiger partial charge in [-0.15, -0.1) is 0 Å². The molecule has 0 aliphatic carbocycles. The fraction of sp³-hybridized carbons (Fsp3) is 0.417. The van der Waals surface area contributed by atoms with Crippen LogP contribution in [0.3, 0.4) is 0 Å². The highest BCUT2D eigenvalue weighted by atomic mass is 19.1. The summed E-state index contributed by atoms with van der Waals surface area (Å²) in [5.41, 5.74) is -0.850. The molecule has 0 bridgehead atoms. The minimum Gasteiger partial charge on any atom is -0.387 e. The van der Waals surface area contributed by atoms with Crippen LogP contribution in [0.15, 0.2) is 24.3 Å². The Bertz CT molecular complexity index is 421. The molecule has 16 heavy (non-hydrogen) atoms. The number of rotatable bonds is 2. The molecular weight excluding hydrogens is 209 g/mol. The van der Waals surface area contributed by atoms with Crippen molar-refractivity contribution in [1.82, 2.24) is 0 Å². The lowest BCUT2D eigenvalue weighted by atomic mass is 9.79. The van der Waals surface area contributed by atoms with E-state index in [4.69, 9.17) is 10.00 Å². The van der Waals surface area contributed by atoms with Crippen LogP contribution in [0.5, 0.6) is 0 Å². The van der Waals surface area contributed by atoms with Crippen LogP contribution in [-0.4, -0.2) is 18.3 Å². The average Bonchev–Trinajstić information content (AvgIpc) is 2.78. The van der Waals surface area contributed by atoms with Crippen molar-refractivity contribution in [2.45, 2.75) is 12.5 Å². The highest BCUT2D eigenvalue weighted by Crippen LogP contribution is 2.41. The minimum absolute atomic E-state index is 0.152. The maximum Gasteiger partial charge on any atom is 0.129 e. The van der Waals surface area contributed by atoms with Gasteiger partial charge in [0.25, 0.3) is 0 Å². The van der Waals surface area contributed by atoms with E-state index in [-0.39, 0.29) is 12.2 Å². The molecule has 4 heteroatoms. The molecule has 1 aliphatic heterocycles. The summed E-state index contributed by atoms with van der Waals surface area (Å²) < 4.78 is 18.6. The monoisotopic (exact) mass is 221 g/mol. The van der Waals surface area contributed by atoms with Gasteiger partial charge in [-0.25, -0.2) is 4.39 Å². The van der Waals surface area contributed by atoms with E-state index in [0.29, 0.717) is 13.0 Å². The van der Waals surface area contributed by atoms with E-state index in [0.717, 1.165) is 0 Å². The molecule has 0 saturated carbocycles. The lowest BCUT2D eigenvalue weighted by molar-refractivity contribution is 0.0478. The second kappa shape index (κ2) is 4.20. The van der Waals surface area contributed by atoms with Crippen LogP contribution in [-0.2, 0) is 4.74 Å². The van der Waals surface area contributed by atoms with Gasteiger partial charge in [0.05, 0.1) is 12.7 Å². The Morgan fingerprint density at radius 2 is 2.25 bits per heavy atom. The maximum absolute atomic E-state index is 13.5. The first kappa shape index (κ1) is 11.1. The molecule has 0 amide bonds. The quantitative estimate of drug-likeness (QED) is 0.828. The fourth-order valence-corrected chi connectivity index (χ4v) is 1.94. The first-order chi connectivity index (χ1) is 7.69. The van der Waals surface area contributed by atoms with Crippen molar-refractivity contribution in [3.63, 3.8) is 0 Å². The molecule has 1 N–H and O–H groups in total. The first-order valence-corrected chi connectivity index (χ1v) is 5.11. The Morgan fingerprint density at radius 3 is 2.81 bits per heavy atom. The second-order valence-electron chi connectivity index (χ2n) is 3.99. The number of nitriles is 1. The van der Waals surface area contributed by atoms with E-state index in [2.05, 4.69) is 6.07 Å². The Balaban J connectivity index is 2.35. The number of ether oxygens (including phenoxy) is 1. The predicted molar refractivity (Wildman–Crippen MR) is 54.8 cm³/mol. The molecule has 0 aromatic heterocycles. The van der Waals surface area contributed by atoms with E-state index in [1.165, 1.54) is 12.1 Å². The van der Waals surface area contributed by atoms with Gasteiger partial charge in [0.15, 0.2) is 0 Å². The van der Waals surface area contributed by atoms with Crippen molar-refractivity contribution in [2.75, 3.05) is 13.2 Å². The second-order valence-corrected chi connectivity index (χ2v) is 3.99. The molecule has 3 nitrogen and oxygen atoms in total. The van der Waals surface area contributed by atoms with Crippen LogP contribution < -0.4 is 0 Å². The molecule has 1 aliphatic rings. The normalized spacial score (nSPS) is 26.3. The molecule has 2 unspecified atom stereocenters. The van der Waals surface area contributed by atoms with Gasteiger partial charge < -0.3 is 9.84 Å². The Hall–Kier alpha value is -1.44.